The van der Waals surface area contributed by atoms with Crippen molar-refractivity contribution in [3.63, 3.8) is 0 Å². The number of rotatable bonds is 0. The summed E-state index contributed by atoms with van der Waals surface area (Å²) >= 11 is 0. The summed E-state index contributed by atoms with van der Waals surface area (Å²) < 4.78 is 36.4. The second kappa shape index (κ2) is 16.1. The molecule has 8 saturated carbocycles. The van der Waals surface area contributed by atoms with E-state index in [-0.39, 0.29) is 60.4 Å². The number of hydrogen-bond acceptors (Lipinski definition) is 7. The molecule has 17 atom stereocenters. The second-order valence-electron chi connectivity index (χ2n) is 22.6. The minimum Gasteiger partial charge on any atom is -1.00 e. The third kappa shape index (κ3) is 6.53. The molecule has 0 aromatic carbocycles. The monoisotopic (exact) mass is 805 g/mol. The van der Waals surface area contributed by atoms with E-state index in [1.54, 1.807) is 0 Å². The summed E-state index contributed by atoms with van der Waals surface area (Å²) in [6.45, 7) is 19.8. The quantitative estimate of drug-likeness (QED) is 0.256. The van der Waals surface area contributed by atoms with Crippen LogP contribution in [0.25, 0.3) is 0 Å². The van der Waals surface area contributed by atoms with E-state index in [1.807, 2.05) is 0 Å². The van der Waals surface area contributed by atoms with Gasteiger partial charge >= 0.3 is 18.9 Å². The normalized spacial score (nSPS) is 54.1. The number of epoxide rings is 1. The summed E-state index contributed by atoms with van der Waals surface area (Å²) in [5.41, 5.74) is 0.838. The Balaban J connectivity index is 0.000000151. The first kappa shape index (κ1) is 44.5. The largest absolute Gasteiger partial charge is 1.00 e. The third-order valence-electron chi connectivity index (χ3n) is 20.6. The molecule has 12 aliphatic rings. The Bertz CT molecular complexity index is 1380. The van der Waals surface area contributed by atoms with Crippen LogP contribution in [0.4, 0.5) is 0 Å². The van der Waals surface area contributed by atoms with Gasteiger partial charge in [-0.25, -0.2) is 0 Å². The third-order valence-corrected chi connectivity index (χ3v) is 20.6. The van der Waals surface area contributed by atoms with Crippen molar-refractivity contribution in [3.8, 4) is 0 Å². The zero-order valence-electron chi connectivity index (χ0n) is 37.7. The van der Waals surface area contributed by atoms with Gasteiger partial charge in [0.2, 0.25) is 0 Å². The van der Waals surface area contributed by atoms with Gasteiger partial charge < -0.3 is 35.0 Å². The fourth-order valence-corrected chi connectivity index (χ4v) is 17.6. The maximum Gasteiger partial charge on any atom is 1.00 e. The number of ether oxygens (including phenoxy) is 6. The van der Waals surface area contributed by atoms with E-state index in [2.05, 4.69) is 41.5 Å². The maximum absolute atomic E-state index is 11.4. The van der Waals surface area contributed by atoms with E-state index in [0.29, 0.717) is 48.1 Å². The van der Waals surface area contributed by atoms with Gasteiger partial charge in [0.25, 0.3) is 0 Å². The fraction of sp³-hybridized carbons (Fsp3) is 1.00. The minimum atomic E-state index is -0.499. The Morgan fingerprint density at radius 3 is 1.61 bits per heavy atom. The molecule has 57 heavy (non-hydrogen) atoms. The Morgan fingerprint density at radius 1 is 0.544 bits per heavy atom. The zero-order chi connectivity index (χ0) is 38.0. The van der Waals surface area contributed by atoms with E-state index in [4.69, 9.17) is 28.4 Å². The van der Waals surface area contributed by atoms with Crippen LogP contribution in [0.3, 0.4) is 0 Å². The average Bonchev–Trinajstić information content (AvgIpc) is 3.78. The van der Waals surface area contributed by atoms with Crippen molar-refractivity contribution >= 4 is 17.4 Å². The molecule has 4 aliphatic heterocycles. The van der Waals surface area contributed by atoms with Crippen LogP contribution in [-0.4, -0.2) is 92.0 Å². The first-order chi connectivity index (χ1) is 26.4. The summed E-state index contributed by atoms with van der Waals surface area (Å²) in [7, 11) is 0. The van der Waals surface area contributed by atoms with Crippen molar-refractivity contribution in [1.82, 2.24) is 0 Å². The van der Waals surface area contributed by atoms with Gasteiger partial charge in [0.05, 0.1) is 55.6 Å². The molecule has 1 N–H and O–H groups in total. The Morgan fingerprint density at radius 2 is 1.05 bits per heavy atom. The molecule has 12 fully saturated rings. The molecule has 2 spiro atoms. The van der Waals surface area contributed by atoms with Gasteiger partial charge in [-0.3, -0.25) is 0 Å². The molecule has 4 saturated heterocycles. The van der Waals surface area contributed by atoms with Gasteiger partial charge in [-0.15, -0.1) is 0 Å². The molecular formula is C48H82AlLiO7. The van der Waals surface area contributed by atoms with Crippen LogP contribution in [0.1, 0.15) is 152 Å². The van der Waals surface area contributed by atoms with Crippen molar-refractivity contribution < 1.29 is 53.8 Å². The molecule has 0 radical (unpaired) electrons. The molecule has 0 aromatic rings. The Kier molecular flexibility index (Phi) is 12.6. The van der Waals surface area contributed by atoms with Crippen LogP contribution in [0.15, 0.2) is 0 Å². The topological polar surface area (TPSA) is 78.9 Å². The summed E-state index contributed by atoms with van der Waals surface area (Å²) in [6.07, 6.45) is 22.7. The molecule has 4 heterocycles. The van der Waals surface area contributed by atoms with E-state index < -0.39 is 5.79 Å². The van der Waals surface area contributed by atoms with Crippen molar-refractivity contribution in [2.45, 2.75) is 181 Å². The Labute approximate surface area is 370 Å². The number of hydrogen-bond donors (Lipinski definition) is 1. The predicted molar refractivity (Wildman–Crippen MR) is 223 cm³/mol. The van der Waals surface area contributed by atoms with Crippen LogP contribution in [-0.2, 0) is 28.4 Å². The summed E-state index contributed by atoms with van der Waals surface area (Å²) in [4.78, 5) is 0. The number of aliphatic hydroxyl groups excluding tert-OH is 1. The van der Waals surface area contributed by atoms with E-state index >= 15 is 0 Å². The number of fused-ring (bicyclic) bond motifs is 15. The molecule has 0 amide bonds. The van der Waals surface area contributed by atoms with Gasteiger partial charge in [0, 0.05) is 26.1 Å². The van der Waals surface area contributed by atoms with Gasteiger partial charge in [-0.1, -0.05) is 54.4 Å². The summed E-state index contributed by atoms with van der Waals surface area (Å²) in [5.74, 6) is 7.17. The van der Waals surface area contributed by atoms with Gasteiger partial charge in [0.1, 0.15) is 0 Å². The molecule has 320 valence electrons. The zero-order valence-corrected chi connectivity index (χ0v) is 36.7. The predicted octanol–water partition coefficient (Wildman–Crippen LogP) is 5.50. The molecule has 8 aliphatic carbocycles. The second-order valence-corrected chi connectivity index (χ2v) is 22.6. The summed E-state index contributed by atoms with van der Waals surface area (Å²) in [6, 6.07) is 0. The Hall–Kier alpha value is 0.850. The van der Waals surface area contributed by atoms with Gasteiger partial charge in [-0.2, -0.15) is 0 Å². The molecule has 0 bridgehead atoms. The van der Waals surface area contributed by atoms with Crippen LogP contribution in [0, 0.1) is 80.8 Å². The van der Waals surface area contributed by atoms with Crippen molar-refractivity contribution in [3.05, 3.63) is 0 Å². The van der Waals surface area contributed by atoms with Crippen molar-refractivity contribution in [2.75, 3.05) is 39.6 Å². The fourth-order valence-electron chi connectivity index (χ4n) is 17.6. The summed E-state index contributed by atoms with van der Waals surface area (Å²) in [5, 5.41) is 11.4. The van der Waals surface area contributed by atoms with Crippen molar-refractivity contribution in [2.24, 2.45) is 80.8 Å². The van der Waals surface area contributed by atoms with Crippen LogP contribution >= 0.6 is 0 Å². The first-order valence-electron chi connectivity index (χ1n) is 23.9. The first-order valence-corrected chi connectivity index (χ1v) is 23.9. The minimum absolute atomic E-state index is 0. The number of aliphatic hydroxyl groups is 1. The molecule has 7 nitrogen and oxygen atoms in total. The van der Waals surface area contributed by atoms with Crippen LogP contribution in [0.5, 0.6) is 0 Å². The maximum atomic E-state index is 11.4. The van der Waals surface area contributed by atoms with Gasteiger partial charge in [-0.05, 0) is 153 Å². The van der Waals surface area contributed by atoms with E-state index in [1.165, 1.54) is 89.9 Å². The average molecular weight is 805 g/mol. The molecular weight excluding hydrogens is 722 g/mol. The molecule has 9 heteroatoms. The van der Waals surface area contributed by atoms with Crippen LogP contribution < -0.4 is 18.9 Å². The molecule has 7 unspecified atom stereocenters. The van der Waals surface area contributed by atoms with Crippen LogP contribution in [0.2, 0.25) is 0 Å². The molecule has 0 aromatic heterocycles. The van der Waals surface area contributed by atoms with Gasteiger partial charge in [0.15, 0.2) is 28.9 Å². The van der Waals surface area contributed by atoms with Crippen molar-refractivity contribution in [1.29, 1.82) is 0 Å². The SMILES string of the molecule is C1CCOC1.C[C@@H]1CC[C@]2(C)C3C(CC[C@@H]2C1)C1CCC2(OCCO2)[C@@]1(C)[C@H]1OC31.C[C@@H]1CC[C@]2(C)C3C[C@H](O)[C@@]4(C)C(CCC45OCCO5)C3CC[C@@H]2C1.[AlH3].[H-].[Li+]. The smallest absolute Gasteiger partial charge is 1.00 e. The standard InChI is InChI=1S/C22H34O3.C22H36O3.C4H8O.Al.Li.4H/c1-13-6-8-20(2)14(12-13)4-5-15-16-7-9-22(23-10-11-24-22)21(16,3)19-18(25-19)17(15)20;1-14-6-8-20(2)15(12-14)4-5-16-17-7-9-22(24-10-11-25-22)21(17,3)19(23)13-18(16)20;1-2-4-5-3-1;;;;;;/h13-19H,4-12H2,1-3H3;14-19,23H,4-13H2,1-3H3;1-4H2;;;;;;/q;;;;+1;;;;-1/t13-,14-,15?,16?,17?,18?,19+,20+,21-;14-,15-,16?,17?,18?,19+,20+,21-;;;;;;;/m11......./s1. The van der Waals surface area contributed by atoms with E-state index in [0.717, 1.165) is 93.0 Å². The molecule has 12 rings (SSSR count). The van der Waals surface area contributed by atoms with E-state index in [9.17, 15) is 5.11 Å².